The minimum absolute atomic E-state index is 0.0498. The van der Waals surface area contributed by atoms with Crippen molar-refractivity contribution in [3.8, 4) is 5.69 Å². The number of aliphatic hydroxyl groups excluding tert-OH is 1. The van der Waals surface area contributed by atoms with Gasteiger partial charge >= 0.3 is 0 Å². The summed E-state index contributed by atoms with van der Waals surface area (Å²) >= 11 is 0. The van der Waals surface area contributed by atoms with Crippen LogP contribution in [0.5, 0.6) is 0 Å². The van der Waals surface area contributed by atoms with E-state index in [2.05, 4.69) is 34.5 Å². The fraction of sp³-hybridized carbons (Fsp3) is 0.320. The summed E-state index contributed by atoms with van der Waals surface area (Å²) in [5.74, 6) is 0.105. The number of carbonyl (C=O) groups is 1. The van der Waals surface area contributed by atoms with Crippen molar-refractivity contribution in [1.82, 2.24) is 19.4 Å². The molecule has 1 N–H and O–H groups in total. The molecule has 0 unspecified atom stereocenters. The van der Waals surface area contributed by atoms with E-state index in [9.17, 15) is 9.90 Å². The van der Waals surface area contributed by atoms with Gasteiger partial charge in [0.25, 0.3) is 0 Å². The monoisotopic (exact) mass is 414 g/mol. The van der Waals surface area contributed by atoms with E-state index in [4.69, 9.17) is 0 Å². The van der Waals surface area contributed by atoms with Crippen molar-refractivity contribution in [1.29, 1.82) is 0 Å². The summed E-state index contributed by atoms with van der Waals surface area (Å²) in [5, 5.41) is 19.0. The Bertz CT molecular complexity index is 1180. The first-order valence-corrected chi connectivity index (χ1v) is 10.9. The van der Waals surface area contributed by atoms with Gasteiger partial charge in [-0.15, -0.1) is 0 Å². The predicted octanol–water partition coefficient (Wildman–Crippen LogP) is 4.23. The molecule has 1 aliphatic carbocycles. The van der Waals surface area contributed by atoms with Crippen LogP contribution in [-0.4, -0.2) is 36.4 Å². The lowest BCUT2D eigenvalue weighted by Gasteiger charge is -2.26. The predicted molar refractivity (Wildman–Crippen MR) is 118 cm³/mol. The summed E-state index contributed by atoms with van der Waals surface area (Å²) in [6, 6.07) is 16.1. The Morgan fingerprint density at radius 3 is 2.61 bits per heavy atom. The molecular weight excluding hydrogens is 388 g/mol. The van der Waals surface area contributed by atoms with E-state index in [-0.39, 0.29) is 17.8 Å². The van der Waals surface area contributed by atoms with Crippen LogP contribution in [0.3, 0.4) is 0 Å². The number of benzene rings is 1. The lowest BCUT2D eigenvalue weighted by atomic mass is 9.83. The summed E-state index contributed by atoms with van der Waals surface area (Å²) in [4.78, 5) is 13.1. The smallest absolute Gasteiger partial charge is 0.181 e. The molecule has 1 fully saturated rings. The van der Waals surface area contributed by atoms with Crippen LogP contribution in [-0.2, 0) is 6.42 Å². The third-order valence-electron chi connectivity index (χ3n) is 6.32. The topological polar surface area (TPSA) is 72.4 Å². The summed E-state index contributed by atoms with van der Waals surface area (Å²) in [6.45, 7) is 0. The van der Waals surface area contributed by atoms with Gasteiger partial charge in [0.05, 0.1) is 17.3 Å². The summed E-state index contributed by atoms with van der Waals surface area (Å²) in [5.41, 5.74) is 4.81. The molecule has 0 radical (unpaired) electrons. The molecule has 3 aromatic heterocycles. The lowest BCUT2D eigenvalue weighted by Crippen LogP contribution is -2.27. The van der Waals surface area contributed by atoms with E-state index >= 15 is 0 Å². The molecule has 0 saturated heterocycles. The largest absolute Gasteiger partial charge is 0.393 e. The Balaban J connectivity index is 1.40. The summed E-state index contributed by atoms with van der Waals surface area (Å²) < 4.78 is 3.59. The third kappa shape index (κ3) is 4.03. The number of fused-ring (bicyclic) bond motifs is 1. The van der Waals surface area contributed by atoms with Crippen LogP contribution in [0.15, 0.2) is 67.1 Å². The molecule has 2 atom stereocenters. The number of aromatic nitrogens is 4. The Hall–Kier alpha value is -3.25. The van der Waals surface area contributed by atoms with Gasteiger partial charge in [-0.25, -0.2) is 9.20 Å². The van der Waals surface area contributed by atoms with Crippen molar-refractivity contribution in [2.24, 2.45) is 5.92 Å². The zero-order valence-electron chi connectivity index (χ0n) is 17.4. The molecule has 0 spiro atoms. The van der Waals surface area contributed by atoms with Crippen molar-refractivity contribution >= 4 is 11.3 Å². The first-order chi connectivity index (χ1) is 15.2. The van der Waals surface area contributed by atoms with Gasteiger partial charge in [0.1, 0.15) is 5.69 Å². The molecule has 6 nitrogen and oxygen atoms in total. The first-order valence-electron chi connectivity index (χ1n) is 10.9. The standard InChI is InChI=1S/C25H26N4O2/c30-24-7-2-1-5-19(24)17-25(31)23-16-20(22-6-3-12-27-29(22)23)15-18-8-10-21(11-9-18)28-14-4-13-26-28/h3-4,6,8-14,16,19,24,30H,1-2,5,7,15,17H2/t19-,24+/m1/s1. The minimum Gasteiger partial charge on any atom is -0.393 e. The van der Waals surface area contributed by atoms with Crippen LogP contribution in [0.1, 0.15) is 53.7 Å². The number of Topliss-reactive ketones (excluding diaryl/α,β-unsaturated/α-hetero) is 1. The van der Waals surface area contributed by atoms with E-state index in [0.717, 1.165) is 48.0 Å². The van der Waals surface area contributed by atoms with Gasteiger partial charge in [-0.2, -0.15) is 10.2 Å². The fourth-order valence-electron chi connectivity index (χ4n) is 4.62. The lowest BCUT2D eigenvalue weighted by molar-refractivity contribution is 0.0580. The summed E-state index contributed by atoms with van der Waals surface area (Å²) in [7, 11) is 0. The molecule has 0 amide bonds. The number of ketones is 1. The highest BCUT2D eigenvalue weighted by molar-refractivity contribution is 5.96. The van der Waals surface area contributed by atoms with Crippen molar-refractivity contribution < 1.29 is 9.90 Å². The second-order valence-electron chi connectivity index (χ2n) is 8.41. The van der Waals surface area contributed by atoms with E-state index in [1.807, 2.05) is 35.1 Å². The molecule has 6 heteroatoms. The summed E-state index contributed by atoms with van der Waals surface area (Å²) in [6.07, 6.45) is 9.96. The van der Waals surface area contributed by atoms with Crippen LogP contribution in [0, 0.1) is 5.92 Å². The maximum atomic E-state index is 13.1. The molecule has 4 aromatic rings. The average Bonchev–Trinajstić information content (AvgIpc) is 3.45. The number of rotatable bonds is 6. The minimum atomic E-state index is -0.371. The molecule has 0 aliphatic heterocycles. The molecule has 5 rings (SSSR count). The zero-order valence-corrected chi connectivity index (χ0v) is 17.4. The van der Waals surface area contributed by atoms with Gasteiger partial charge in [-0.3, -0.25) is 4.79 Å². The second kappa shape index (κ2) is 8.47. The Morgan fingerprint density at radius 2 is 1.84 bits per heavy atom. The highest BCUT2D eigenvalue weighted by Crippen LogP contribution is 2.29. The number of carbonyl (C=O) groups excluding carboxylic acids is 1. The molecule has 1 saturated carbocycles. The molecule has 0 bridgehead atoms. The van der Waals surface area contributed by atoms with E-state index in [0.29, 0.717) is 18.5 Å². The van der Waals surface area contributed by atoms with Gasteiger partial charge in [0.2, 0.25) is 0 Å². The molecule has 1 aliphatic rings. The van der Waals surface area contributed by atoms with Gasteiger partial charge < -0.3 is 5.11 Å². The van der Waals surface area contributed by atoms with Gasteiger partial charge in [-0.1, -0.05) is 25.0 Å². The maximum absolute atomic E-state index is 13.1. The normalized spacial score (nSPS) is 19.0. The average molecular weight is 415 g/mol. The van der Waals surface area contributed by atoms with Crippen LogP contribution >= 0.6 is 0 Å². The number of hydrogen-bond donors (Lipinski definition) is 1. The Labute approximate surface area is 181 Å². The first kappa shape index (κ1) is 19.7. The van der Waals surface area contributed by atoms with Crippen molar-refractivity contribution in [2.45, 2.75) is 44.6 Å². The number of aliphatic hydroxyl groups is 1. The highest BCUT2D eigenvalue weighted by Gasteiger charge is 2.27. The van der Waals surface area contributed by atoms with Gasteiger partial charge in [0, 0.05) is 25.0 Å². The van der Waals surface area contributed by atoms with Crippen LogP contribution in [0.4, 0.5) is 0 Å². The second-order valence-corrected chi connectivity index (χ2v) is 8.41. The van der Waals surface area contributed by atoms with Crippen molar-refractivity contribution in [3.63, 3.8) is 0 Å². The van der Waals surface area contributed by atoms with Gasteiger partial charge in [-0.05, 0) is 72.7 Å². The quantitative estimate of drug-likeness (QED) is 0.479. The number of nitrogens with zero attached hydrogens (tertiary/aromatic N) is 4. The molecule has 1 aromatic carbocycles. The number of hydrogen-bond acceptors (Lipinski definition) is 4. The zero-order chi connectivity index (χ0) is 21.2. The van der Waals surface area contributed by atoms with E-state index < -0.39 is 0 Å². The van der Waals surface area contributed by atoms with Crippen LogP contribution in [0.2, 0.25) is 0 Å². The highest BCUT2D eigenvalue weighted by atomic mass is 16.3. The SMILES string of the molecule is O=C(C[C@H]1CCCC[C@@H]1O)c1cc(Cc2ccc(-n3cccn3)cc2)c2cccnn12. The molecule has 3 heterocycles. The van der Waals surface area contributed by atoms with Crippen molar-refractivity contribution in [2.75, 3.05) is 0 Å². The van der Waals surface area contributed by atoms with Crippen LogP contribution in [0.25, 0.3) is 11.2 Å². The fourth-order valence-corrected chi connectivity index (χ4v) is 4.62. The van der Waals surface area contributed by atoms with Gasteiger partial charge in [0.15, 0.2) is 5.78 Å². The molecule has 31 heavy (non-hydrogen) atoms. The maximum Gasteiger partial charge on any atom is 0.181 e. The van der Waals surface area contributed by atoms with Crippen LogP contribution < -0.4 is 0 Å². The van der Waals surface area contributed by atoms with Crippen molar-refractivity contribution in [3.05, 3.63) is 83.9 Å². The Morgan fingerprint density at radius 1 is 1.03 bits per heavy atom. The molecule has 158 valence electrons. The molecular formula is C25H26N4O2. The van der Waals surface area contributed by atoms with E-state index in [1.165, 1.54) is 0 Å². The third-order valence-corrected chi connectivity index (χ3v) is 6.32. The van der Waals surface area contributed by atoms with E-state index in [1.54, 1.807) is 16.9 Å². The Kier molecular flexibility index (Phi) is 5.38.